The summed E-state index contributed by atoms with van der Waals surface area (Å²) in [5.41, 5.74) is 0. The monoisotopic (exact) mass is 242 g/mol. The molecule has 17 heavy (non-hydrogen) atoms. The molecule has 0 aromatic rings. The van der Waals surface area contributed by atoms with Crippen LogP contribution in [-0.4, -0.2) is 37.7 Å². The van der Waals surface area contributed by atoms with Gasteiger partial charge in [0.25, 0.3) is 0 Å². The van der Waals surface area contributed by atoms with Crippen LogP contribution >= 0.6 is 0 Å². The Hall–Kier alpha value is -0.610. The van der Waals surface area contributed by atoms with Gasteiger partial charge < -0.3 is 15.4 Å². The third-order valence-electron chi connectivity index (χ3n) is 2.95. The van der Waals surface area contributed by atoms with Gasteiger partial charge in [0, 0.05) is 13.2 Å². The van der Waals surface area contributed by atoms with Crippen LogP contribution in [0.2, 0.25) is 0 Å². The molecule has 4 heteroatoms. The van der Waals surface area contributed by atoms with Crippen LogP contribution in [0, 0.1) is 0 Å². The van der Waals surface area contributed by atoms with Crippen molar-refractivity contribution in [2.75, 3.05) is 19.7 Å². The third-order valence-corrected chi connectivity index (χ3v) is 2.95. The minimum atomic E-state index is 0.0377. The van der Waals surface area contributed by atoms with Crippen LogP contribution in [0.25, 0.3) is 0 Å². The fraction of sp³-hybridized carbons (Fsp3) is 0.923. The molecule has 0 unspecified atom stereocenters. The Balaban J connectivity index is 1.96. The molecule has 1 atom stereocenters. The molecule has 1 amide bonds. The predicted molar refractivity (Wildman–Crippen MR) is 69.0 cm³/mol. The summed E-state index contributed by atoms with van der Waals surface area (Å²) in [5.74, 6) is 0.162. The first-order chi connectivity index (χ1) is 8.20. The minimum absolute atomic E-state index is 0.0377. The first-order valence-electron chi connectivity index (χ1n) is 6.83. The van der Waals surface area contributed by atoms with Gasteiger partial charge in [0.15, 0.2) is 0 Å². The lowest BCUT2D eigenvalue weighted by molar-refractivity contribution is -0.123. The molecule has 4 nitrogen and oxygen atoms in total. The molecule has 1 fully saturated rings. The standard InChI is InChI=1S/C13H26N2O2/c1-11(2)17-10-6-5-9-15-13(16)12-7-3-4-8-14-12/h11-12,14H,3-10H2,1-2H3,(H,15,16)/t12-/m0/s1. The smallest absolute Gasteiger partial charge is 0.237 e. The van der Waals surface area contributed by atoms with E-state index in [9.17, 15) is 4.79 Å². The second-order valence-electron chi connectivity index (χ2n) is 4.92. The minimum Gasteiger partial charge on any atom is -0.379 e. The van der Waals surface area contributed by atoms with E-state index in [2.05, 4.69) is 10.6 Å². The third kappa shape index (κ3) is 6.64. The second-order valence-corrected chi connectivity index (χ2v) is 4.92. The van der Waals surface area contributed by atoms with Crippen LogP contribution in [0.3, 0.4) is 0 Å². The van der Waals surface area contributed by atoms with Gasteiger partial charge in [-0.3, -0.25) is 4.79 Å². The van der Waals surface area contributed by atoms with Crippen LogP contribution < -0.4 is 10.6 Å². The number of amides is 1. The van der Waals surface area contributed by atoms with E-state index in [1.807, 2.05) is 13.8 Å². The summed E-state index contributed by atoms with van der Waals surface area (Å²) in [5, 5.41) is 6.23. The second kappa shape index (κ2) is 8.48. The van der Waals surface area contributed by atoms with Crippen molar-refractivity contribution in [2.24, 2.45) is 0 Å². The SMILES string of the molecule is CC(C)OCCCCNC(=O)[C@@H]1CCCCN1. The molecule has 0 spiro atoms. The van der Waals surface area contributed by atoms with E-state index in [-0.39, 0.29) is 11.9 Å². The molecule has 2 N–H and O–H groups in total. The van der Waals surface area contributed by atoms with Crippen molar-refractivity contribution in [3.63, 3.8) is 0 Å². The predicted octanol–water partition coefficient (Wildman–Crippen LogP) is 1.45. The first-order valence-corrected chi connectivity index (χ1v) is 6.83. The van der Waals surface area contributed by atoms with Gasteiger partial charge in [0.1, 0.15) is 0 Å². The van der Waals surface area contributed by atoms with Crippen LogP contribution in [0.1, 0.15) is 46.0 Å². The van der Waals surface area contributed by atoms with Crippen LogP contribution in [0.4, 0.5) is 0 Å². The van der Waals surface area contributed by atoms with Crippen molar-refractivity contribution < 1.29 is 9.53 Å². The average Bonchev–Trinajstić information content (AvgIpc) is 2.34. The lowest BCUT2D eigenvalue weighted by Crippen LogP contribution is -2.46. The van der Waals surface area contributed by atoms with Gasteiger partial charge in [0.05, 0.1) is 12.1 Å². The van der Waals surface area contributed by atoms with Gasteiger partial charge in [-0.05, 0) is 46.1 Å². The summed E-state index contributed by atoms with van der Waals surface area (Å²) < 4.78 is 5.44. The Kier molecular flexibility index (Phi) is 7.21. The van der Waals surface area contributed by atoms with Crippen molar-refractivity contribution >= 4 is 5.91 Å². The molecular formula is C13H26N2O2. The van der Waals surface area contributed by atoms with Crippen molar-refractivity contribution in [3.05, 3.63) is 0 Å². The van der Waals surface area contributed by atoms with Crippen molar-refractivity contribution in [1.29, 1.82) is 0 Å². The van der Waals surface area contributed by atoms with Crippen LogP contribution in [0.5, 0.6) is 0 Å². The molecule has 0 radical (unpaired) electrons. The number of hydrogen-bond acceptors (Lipinski definition) is 3. The number of unbranched alkanes of at least 4 members (excludes halogenated alkanes) is 1. The molecular weight excluding hydrogens is 216 g/mol. The van der Waals surface area contributed by atoms with E-state index in [1.165, 1.54) is 6.42 Å². The van der Waals surface area contributed by atoms with Crippen LogP contribution in [-0.2, 0) is 9.53 Å². The zero-order valence-corrected chi connectivity index (χ0v) is 11.1. The molecule has 1 aliphatic heterocycles. The van der Waals surface area contributed by atoms with Crippen LogP contribution in [0.15, 0.2) is 0 Å². The van der Waals surface area contributed by atoms with Crippen molar-refractivity contribution in [3.8, 4) is 0 Å². The zero-order valence-electron chi connectivity index (χ0n) is 11.1. The van der Waals surface area contributed by atoms with Gasteiger partial charge >= 0.3 is 0 Å². The highest BCUT2D eigenvalue weighted by atomic mass is 16.5. The largest absolute Gasteiger partial charge is 0.379 e. The maximum absolute atomic E-state index is 11.7. The molecule has 1 saturated heterocycles. The number of ether oxygens (including phenoxy) is 1. The number of rotatable bonds is 7. The number of nitrogens with one attached hydrogen (secondary N) is 2. The highest BCUT2D eigenvalue weighted by Gasteiger charge is 2.19. The lowest BCUT2D eigenvalue weighted by atomic mass is 10.0. The van der Waals surface area contributed by atoms with E-state index in [4.69, 9.17) is 4.74 Å². The number of piperidine rings is 1. The maximum Gasteiger partial charge on any atom is 0.237 e. The Labute approximate surface area is 104 Å². The van der Waals surface area contributed by atoms with Gasteiger partial charge in [0.2, 0.25) is 5.91 Å². The Bertz CT molecular complexity index is 213. The van der Waals surface area contributed by atoms with Gasteiger partial charge in [-0.25, -0.2) is 0 Å². The molecule has 0 aromatic carbocycles. The molecule has 1 heterocycles. The highest BCUT2D eigenvalue weighted by Crippen LogP contribution is 2.06. The van der Waals surface area contributed by atoms with E-state index < -0.39 is 0 Å². The maximum atomic E-state index is 11.7. The van der Waals surface area contributed by atoms with Gasteiger partial charge in [-0.15, -0.1) is 0 Å². The fourth-order valence-corrected chi connectivity index (χ4v) is 1.96. The number of carbonyl (C=O) groups is 1. The zero-order chi connectivity index (χ0) is 12.5. The fourth-order valence-electron chi connectivity index (χ4n) is 1.96. The number of hydrogen-bond donors (Lipinski definition) is 2. The normalized spacial score (nSPS) is 20.5. The highest BCUT2D eigenvalue weighted by molar-refractivity contribution is 5.81. The summed E-state index contributed by atoms with van der Waals surface area (Å²) in [4.78, 5) is 11.7. The van der Waals surface area contributed by atoms with E-state index >= 15 is 0 Å². The summed E-state index contributed by atoms with van der Waals surface area (Å²) in [6, 6.07) is 0.0377. The summed E-state index contributed by atoms with van der Waals surface area (Å²) in [6.07, 6.45) is 5.63. The number of carbonyl (C=O) groups excluding carboxylic acids is 1. The van der Waals surface area contributed by atoms with Crippen molar-refractivity contribution in [2.45, 2.75) is 58.1 Å². The summed E-state index contributed by atoms with van der Waals surface area (Å²) in [6.45, 7) is 6.60. The van der Waals surface area contributed by atoms with Gasteiger partial charge in [-0.2, -0.15) is 0 Å². The summed E-state index contributed by atoms with van der Waals surface area (Å²) >= 11 is 0. The molecule has 0 aliphatic carbocycles. The first kappa shape index (κ1) is 14.5. The Morgan fingerprint density at radius 3 is 2.88 bits per heavy atom. The van der Waals surface area contributed by atoms with Gasteiger partial charge in [-0.1, -0.05) is 6.42 Å². The summed E-state index contributed by atoms with van der Waals surface area (Å²) in [7, 11) is 0. The quantitative estimate of drug-likeness (QED) is 0.664. The lowest BCUT2D eigenvalue weighted by Gasteiger charge is -2.22. The molecule has 0 bridgehead atoms. The molecule has 0 saturated carbocycles. The average molecular weight is 242 g/mol. The van der Waals surface area contributed by atoms with E-state index in [1.54, 1.807) is 0 Å². The molecule has 1 aliphatic rings. The molecule has 100 valence electrons. The topological polar surface area (TPSA) is 50.4 Å². The van der Waals surface area contributed by atoms with E-state index in [0.717, 1.165) is 45.4 Å². The molecule has 1 rings (SSSR count). The molecule has 0 aromatic heterocycles. The Morgan fingerprint density at radius 2 is 2.24 bits per heavy atom. The Morgan fingerprint density at radius 1 is 1.41 bits per heavy atom. The van der Waals surface area contributed by atoms with Crippen molar-refractivity contribution in [1.82, 2.24) is 10.6 Å². The van der Waals surface area contributed by atoms with E-state index in [0.29, 0.717) is 6.10 Å².